The standard InChI is InChI=1S/C20H18INO5/c1-2-27-18(24)12-22-16-6-4-3-5-15(16)20(26,19(22)25)11-17(23)13-7-9-14(21)10-8-13/h3-10,26H,2,11-12H2,1H3. The molecule has 27 heavy (non-hydrogen) atoms. The van der Waals surface area contributed by atoms with Gasteiger partial charge in [-0.3, -0.25) is 19.3 Å². The van der Waals surface area contributed by atoms with Gasteiger partial charge in [0.2, 0.25) is 0 Å². The topological polar surface area (TPSA) is 83.9 Å². The number of fused-ring (bicyclic) bond motifs is 1. The lowest BCUT2D eigenvalue weighted by molar-refractivity contribution is -0.144. The minimum Gasteiger partial charge on any atom is -0.465 e. The van der Waals surface area contributed by atoms with Gasteiger partial charge in [-0.15, -0.1) is 0 Å². The predicted molar refractivity (Wildman–Crippen MR) is 107 cm³/mol. The van der Waals surface area contributed by atoms with Crippen LogP contribution in [-0.2, 0) is 19.9 Å². The van der Waals surface area contributed by atoms with Crippen molar-refractivity contribution in [2.75, 3.05) is 18.1 Å². The molecule has 0 radical (unpaired) electrons. The number of benzene rings is 2. The van der Waals surface area contributed by atoms with E-state index < -0.39 is 23.9 Å². The van der Waals surface area contributed by atoms with Crippen LogP contribution < -0.4 is 4.90 Å². The summed E-state index contributed by atoms with van der Waals surface area (Å²) in [5, 5.41) is 11.1. The molecule has 7 heteroatoms. The van der Waals surface area contributed by atoms with Crippen molar-refractivity contribution in [3.05, 3.63) is 63.2 Å². The largest absolute Gasteiger partial charge is 0.465 e. The number of hydrogen-bond acceptors (Lipinski definition) is 5. The van der Waals surface area contributed by atoms with Crippen LogP contribution in [0.15, 0.2) is 48.5 Å². The summed E-state index contributed by atoms with van der Waals surface area (Å²) in [5.41, 5.74) is -0.868. The molecule has 0 aromatic heterocycles. The zero-order valence-corrected chi connectivity index (χ0v) is 16.8. The smallest absolute Gasteiger partial charge is 0.326 e. The molecule has 1 aliphatic rings. The number of carbonyl (C=O) groups is 3. The molecule has 140 valence electrons. The van der Waals surface area contributed by atoms with Gasteiger partial charge >= 0.3 is 5.97 Å². The summed E-state index contributed by atoms with van der Waals surface area (Å²) in [6, 6.07) is 13.5. The van der Waals surface area contributed by atoms with Crippen molar-refractivity contribution in [1.29, 1.82) is 0 Å². The van der Waals surface area contributed by atoms with E-state index in [1.807, 2.05) is 0 Å². The Bertz CT molecular complexity index is 896. The number of aliphatic hydroxyl groups is 1. The van der Waals surface area contributed by atoms with Gasteiger partial charge in [0.1, 0.15) is 6.54 Å². The Morgan fingerprint density at radius 2 is 1.81 bits per heavy atom. The third-order valence-electron chi connectivity index (χ3n) is 4.41. The second-order valence-corrected chi connectivity index (χ2v) is 7.43. The molecule has 0 fully saturated rings. The van der Waals surface area contributed by atoms with Crippen molar-refractivity contribution in [2.45, 2.75) is 18.9 Å². The van der Waals surface area contributed by atoms with Crippen molar-refractivity contribution in [3.63, 3.8) is 0 Å². The lowest BCUT2D eigenvalue weighted by Crippen LogP contribution is -2.44. The van der Waals surface area contributed by atoms with Crippen LogP contribution in [0, 0.1) is 3.57 Å². The lowest BCUT2D eigenvalue weighted by atomic mass is 9.88. The minimum atomic E-state index is -2.01. The zero-order chi connectivity index (χ0) is 19.6. The van der Waals surface area contributed by atoms with Gasteiger partial charge in [-0.2, -0.15) is 0 Å². The van der Waals surface area contributed by atoms with Crippen LogP contribution >= 0.6 is 22.6 Å². The highest BCUT2D eigenvalue weighted by Crippen LogP contribution is 2.42. The van der Waals surface area contributed by atoms with E-state index in [1.165, 1.54) is 4.90 Å². The number of para-hydroxylation sites is 1. The molecular weight excluding hydrogens is 461 g/mol. The van der Waals surface area contributed by atoms with Crippen molar-refractivity contribution in [3.8, 4) is 0 Å². The Labute approximate surface area is 170 Å². The Hall–Kier alpha value is -2.26. The summed E-state index contributed by atoms with van der Waals surface area (Å²) in [7, 11) is 0. The highest BCUT2D eigenvalue weighted by atomic mass is 127. The summed E-state index contributed by atoms with van der Waals surface area (Å²) in [4.78, 5) is 38.7. The number of esters is 1. The summed E-state index contributed by atoms with van der Waals surface area (Å²) < 4.78 is 5.89. The van der Waals surface area contributed by atoms with E-state index in [0.717, 1.165) is 3.57 Å². The molecule has 0 spiro atoms. The lowest BCUT2D eigenvalue weighted by Gasteiger charge is -2.22. The predicted octanol–water partition coefficient (Wildman–Crippen LogP) is 2.66. The van der Waals surface area contributed by atoms with Gasteiger partial charge in [0.05, 0.1) is 18.7 Å². The summed E-state index contributed by atoms with van der Waals surface area (Å²) in [5.74, 6) is -1.63. The average Bonchev–Trinajstić information content (AvgIpc) is 2.85. The fourth-order valence-corrected chi connectivity index (χ4v) is 3.50. The van der Waals surface area contributed by atoms with E-state index in [-0.39, 0.29) is 18.9 Å². The second-order valence-electron chi connectivity index (χ2n) is 6.18. The normalized spacial score (nSPS) is 18.3. The summed E-state index contributed by atoms with van der Waals surface area (Å²) in [6.45, 7) is 1.55. The third kappa shape index (κ3) is 3.74. The first-order valence-electron chi connectivity index (χ1n) is 8.45. The van der Waals surface area contributed by atoms with Crippen LogP contribution in [-0.4, -0.2) is 35.9 Å². The van der Waals surface area contributed by atoms with E-state index >= 15 is 0 Å². The third-order valence-corrected chi connectivity index (χ3v) is 5.13. The van der Waals surface area contributed by atoms with E-state index in [1.54, 1.807) is 55.5 Å². The fraction of sp³-hybridized carbons (Fsp3) is 0.250. The van der Waals surface area contributed by atoms with Gasteiger partial charge in [-0.25, -0.2) is 0 Å². The fourth-order valence-electron chi connectivity index (χ4n) is 3.14. The number of rotatable bonds is 6. The first-order valence-corrected chi connectivity index (χ1v) is 9.53. The monoisotopic (exact) mass is 479 g/mol. The average molecular weight is 479 g/mol. The molecule has 1 unspecified atom stereocenters. The van der Waals surface area contributed by atoms with E-state index in [2.05, 4.69) is 22.6 Å². The first kappa shape index (κ1) is 19.5. The van der Waals surface area contributed by atoms with Gasteiger partial charge in [0, 0.05) is 14.7 Å². The molecular formula is C20H18INO5. The number of ketones is 1. The maximum absolute atomic E-state index is 13.0. The maximum atomic E-state index is 13.0. The molecule has 1 atom stereocenters. The quantitative estimate of drug-likeness (QED) is 0.392. The number of anilines is 1. The van der Waals surface area contributed by atoms with E-state index in [0.29, 0.717) is 16.8 Å². The highest BCUT2D eigenvalue weighted by Gasteiger charge is 2.51. The number of halogens is 1. The Kier molecular flexibility index (Phi) is 5.61. The Morgan fingerprint density at radius 3 is 2.48 bits per heavy atom. The zero-order valence-electron chi connectivity index (χ0n) is 14.6. The van der Waals surface area contributed by atoms with Gasteiger partial charge in [0.25, 0.3) is 5.91 Å². The molecule has 0 bridgehead atoms. The molecule has 1 amide bonds. The number of ether oxygens (including phenoxy) is 1. The highest BCUT2D eigenvalue weighted by molar-refractivity contribution is 14.1. The van der Waals surface area contributed by atoms with Crippen LogP contribution in [0.3, 0.4) is 0 Å². The van der Waals surface area contributed by atoms with E-state index in [9.17, 15) is 19.5 Å². The second kappa shape index (κ2) is 7.77. The molecule has 0 saturated carbocycles. The molecule has 0 saturated heterocycles. The minimum absolute atomic E-state index is 0.193. The number of amides is 1. The van der Waals surface area contributed by atoms with Gasteiger partial charge < -0.3 is 9.84 Å². The van der Waals surface area contributed by atoms with Crippen molar-refractivity contribution in [2.24, 2.45) is 0 Å². The summed E-state index contributed by atoms with van der Waals surface area (Å²) in [6.07, 6.45) is -0.400. The SMILES string of the molecule is CCOC(=O)CN1C(=O)C(O)(CC(=O)c2ccc(I)cc2)c2ccccc21. The maximum Gasteiger partial charge on any atom is 0.326 e. The first-order chi connectivity index (χ1) is 12.9. The van der Waals surface area contributed by atoms with Crippen LogP contribution in [0.25, 0.3) is 0 Å². The molecule has 6 nitrogen and oxygen atoms in total. The van der Waals surface area contributed by atoms with Crippen LogP contribution in [0.1, 0.15) is 29.3 Å². The van der Waals surface area contributed by atoms with Crippen LogP contribution in [0.4, 0.5) is 5.69 Å². The Morgan fingerprint density at radius 1 is 1.15 bits per heavy atom. The van der Waals surface area contributed by atoms with E-state index in [4.69, 9.17) is 4.74 Å². The molecule has 1 heterocycles. The van der Waals surface area contributed by atoms with Crippen molar-refractivity contribution in [1.82, 2.24) is 0 Å². The Balaban J connectivity index is 1.92. The van der Waals surface area contributed by atoms with Gasteiger partial charge in [-0.05, 0) is 47.7 Å². The number of carbonyl (C=O) groups excluding carboxylic acids is 3. The molecule has 3 rings (SSSR count). The van der Waals surface area contributed by atoms with Gasteiger partial charge in [0.15, 0.2) is 11.4 Å². The molecule has 2 aromatic rings. The van der Waals surface area contributed by atoms with Gasteiger partial charge in [-0.1, -0.05) is 30.3 Å². The number of hydrogen-bond donors (Lipinski definition) is 1. The van der Waals surface area contributed by atoms with Crippen molar-refractivity contribution >= 4 is 45.9 Å². The number of nitrogens with zero attached hydrogens (tertiary/aromatic N) is 1. The molecule has 2 aromatic carbocycles. The van der Waals surface area contributed by atoms with Crippen LogP contribution in [0.5, 0.6) is 0 Å². The number of Topliss-reactive ketones (excluding diaryl/α,β-unsaturated/α-hetero) is 1. The molecule has 1 aliphatic heterocycles. The van der Waals surface area contributed by atoms with Crippen LogP contribution in [0.2, 0.25) is 0 Å². The van der Waals surface area contributed by atoms with Crippen molar-refractivity contribution < 1.29 is 24.2 Å². The molecule has 0 aliphatic carbocycles. The molecule has 1 N–H and O–H groups in total. The summed E-state index contributed by atoms with van der Waals surface area (Å²) >= 11 is 2.13.